The molecule has 0 aliphatic rings. The predicted molar refractivity (Wildman–Crippen MR) is 138 cm³/mol. The second-order valence-electron chi connectivity index (χ2n) is 9.16. The second-order valence-corrected chi connectivity index (χ2v) is 9.16. The summed E-state index contributed by atoms with van der Waals surface area (Å²) < 4.78 is 12.4. The Kier molecular flexibility index (Phi) is 17.3. The highest BCUT2D eigenvalue weighted by atomic mass is 16.5. The molecule has 0 radical (unpaired) electrons. The fourth-order valence-electron chi connectivity index (χ4n) is 4.05. The van der Waals surface area contributed by atoms with Crippen LogP contribution in [0, 0.1) is 0 Å². The molecule has 0 aromatic carbocycles. The highest BCUT2D eigenvalue weighted by molar-refractivity contribution is 5.84. The zero-order chi connectivity index (χ0) is 25.0. The molecule has 0 bridgehead atoms. The van der Waals surface area contributed by atoms with Crippen LogP contribution in [-0.2, 0) is 32.7 Å². The second kappa shape index (κ2) is 19.4. The van der Waals surface area contributed by atoms with Crippen LogP contribution in [0.2, 0.25) is 0 Å². The summed E-state index contributed by atoms with van der Waals surface area (Å²) in [4.78, 5) is 29.7. The maximum atomic E-state index is 13.2. The largest absolute Gasteiger partial charge is 0.385 e. The van der Waals surface area contributed by atoms with Crippen molar-refractivity contribution < 1.29 is 19.1 Å². The molecular formula is C27H49N3O4. The minimum atomic E-state index is -0.0453. The highest BCUT2D eigenvalue weighted by Crippen LogP contribution is 2.12. The summed E-state index contributed by atoms with van der Waals surface area (Å²) in [5.74, 6) is 0.0223. The molecule has 0 fully saturated rings. The van der Waals surface area contributed by atoms with E-state index in [1.165, 1.54) is 44.9 Å². The average Bonchev–Trinajstić information content (AvgIpc) is 3.24. The Morgan fingerprint density at radius 1 is 0.824 bits per heavy atom. The number of aryl methyl sites for hydroxylation is 1. The van der Waals surface area contributed by atoms with E-state index < -0.39 is 0 Å². The highest BCUT2D eigenvalue weighted by Gasteiger charge is 2.21. The lowest BCUT2D eigenvalue weighted by Gasteiger charge is -2.28. The van der Waals surface area contributed by atoms with Crippen molar-refractivity contribution in [3.63, 3.8) is 0 Å². The third-order valence-corrected chi connectivity index (χ3v) is 6.27. The van der Waals surface area contributed by atoms with Crippen LogP contribution in [0.3, 0.4) is 0 Å². The Bertz CT molecular complexity index is 662. The van der Waals surface area contributed by atoms with Crippen LogP contribution < -0.4 is 0 Å². The van der Waals surface area contributed by atoms with Gasteiger partial charge in [0.05, 0.1) is 19.7 Å². The number of amides is 2. The van der Waals surface area contributed by atoms with Crippen molar-refractivity contribution in [2.75, 3.05) is 47.1 Å². The van der Waals surface area contributed by atoms with E-state index in [4.69, 9.17) is 9.47 Å². The van der Waals surface area contributed by atoms with E-state index in [0.29, 0.717) is 39.3 Å². The molecule has 1 heterocycles. The summed E-state index contributed by atoms with van der Waals surface area (Å²) in [7, 11) is 5.27. The van der Waals surface area contributed by atoms with Crippen LogP contribution in [0.5, 0.6) is 0 Å². The minimum absolute atomic E-state index is 0.0453. The number of carbonyl (C=O) groups is 2. The average molecular weight is 480 g/mol. The van der Waals surface area contributed by atoms with Crippen LogP contribution in [-0.4, -0.2) is 73.2 Å². The van der Waals surface area contributed by atoms with Gasteiger partial charge in [0.1, 0.15) is 0 Å². The smallest absolute Gasteiger partial charge is 0.242 e. The monoisotopic (exact) mass is 479 g/mol. The molecule has 0 saturated heterocycles. The number of methoxy groups -OCH3 is 2. The molecule has 2 amide bonds. The van der Waals surface area contributed by atoms with Gasteiger partial charge in [0.2, 0.25) is 11.8 Å². The molecule has 0 atom stereocenters. The van der Waals surface area contributed by atoms with Crippen molar-refractivity contribution in [1.29, 1.82) is 0 Å². The summed E-state index contributed by atoms with van der Waals surface area (Å²) >= 11 is 0. The first-order chi connectivity index (χ1) is 16.5. The summed E-state index contributed by atoms with van der Waals surface area (Å²) in [6.45, 7) is 4.93. The quantitative estimate of drug-likeness (QED) is 0.238. The number of unbranched alkanes of at least 4 members (excludes halogenated alkanes) is 8. The Balaban J connectivity index is 2.56. The van der Waals surface area contributed by atoms with E-state index in [9.17, 15) is 9.59 Å². The van der Waals surface area contributed by atoms with Crippen molar-refractivity contribution in [2.45, 2.75) is 84.1 Å². The van der Waals surface area contributed by atoms with Crippen LogP contribution in [0.1, 0.15) is 83.2 Å². The molecule has 0 aliphatic carbocycles. The molecule has 34 heavy (non-hydrogen) atoms. The van der Waals surface area contributed by atoms with Crippen molar-refractivity contribution in [3.8, 4) is 0 Å². The van der Waals surface area contributed by atoms with Crippen LogP contribution in [0.4, 0.5) is 0 Å². The Morgan fingerprint density at radius 3 is 2.06 bits per heavy atom. The number of ether oxygens (including phenoxy) is 2. The van der Waals surface area contributed by atoms with Gasteiger partial charge < -0.3 is 23.8 Å². The Labute approximate surface area is 207 Å². The molecule has 1 aromatic rings. The summed E-state index contributed by atoms with van der Waals surface area (Å²) in [6.07, 6.45) is 14.2. The number of carbonyl (C=O) groups excluding carboxylic acids is 2. The molecule has 0 saturated carbocycles. The maximum Gasteiger partial charge on any atom is 0.242 e. The van der Waals surface area contributed by atoms with Crippen molar-refractivity contribution >= 4 is 11.8 Å². The van der Waals surface area contributed by atoms with Crippen LogP contribution in [0.15, 0.2) is 18.3 Å². The first-order valence-electron chi connectivity index (χ1n) is 13.2. The van der Waals surface area contributed by atoms with Gasteiger partial charge >= 0.3 is 0 Å². The SMILES string of the molecule is CCCCCCCCCCCC(=O)N(CCCOC)CC(=O)N(CCOC)Cc1cccn1C. The standard InChI is InChI=1S/C27H49N3O4/c1-5-6-7-8-9-10-11-12-13-17-26(31)29(19-15-21-33-3)24-27(32)30(20-22-34-4)23-25-16-14-18-28(25)2/h14,16,18H,5-13,15,17,19-24H2,1-4H3. The van der Waals surface area contributed by atoms with Crippen LogP contribution in [0.25, 0.3) is 0 Å². The van der Waals surface area contributed by atoms with Crippen LogP contribution >= 0.6 is 0 Å². The topological polar surface area (TPSA) is 64.0 Å². The molecule has 1 rings (SSSR count). The third-order valence-electron chi connectivity index (χ3n) is 6.27. The van der Waals surface area contributed by atoms with E-state index in [-0.39, 0.29) is 18.4 Å². The maximum absolute atomic E-state index is 13.2. The molecule has 7 nitrogen and oxygen atoms in total. The lowest BCUT2D eigenvalue weighted by Crippen LogP contribution is -2.44. The fraction of sp³-hybridized carbons (Fsp3) is 0.778. The van der Waals surface area contributed by atoms with E-state index in [1.54, 1.807) is 24.0 Å². The molecule has 196 valence electrons. The van der Waals surface area contributed by atoms with Gasteiger partial charge in [-0.25, -0.2) is 0 Å². The third kappa shape index (κ3) is 13.1. The first-order valence-corrected chi connectivity index (χ1v) is 13.2. The zero-order valence-electron chi connectivity index (χ0n) is 22.2. The number of hydrogen-bond acceptors (Lipinski definition) is 4. The molecule has 0 aliphatic heterocycles. The molecule has 0 spiro atoms. The summed E-state index contributed by atoms with van der Waals surface area (Å²) in [6, 6.07) is 3.98. The molecule has 1 aromatic heterocycles. The lowest BCUT2D eigenvalue weighted by atomic mass is 10.1. The summed E-state index contributed by atoms with van der Waals surface area (Å²) in [5.41, 5.74) is 1.05. The van der Waals surface area contributed by atoms with Gasteiger partial charge in [0.25, 0.3) is 0 Å². The van der Waals surface area contributed by atoms with Gasteiger partial charge in [-0.15, -0.1) is 0 Å². The van der Waals surface area contributed by atoms with Gasteiger partial charge in [0.15, 0.2) is 0 Å². The first kappa shape index (κ1) is 30.2. The van der Waals surface area contributed by atoms with Gasteiger partial charge in [-0.3, -0.25) is 9.59 Å². The minimum Gasteiger partial charge on any atom is -0.385 e. The normalized spacial score (nSPS) is 11.1. The van der Waals surface area contributed by atoms with E-state index in [0.717, 1.165) is 25.0 Å². The molecular weight excluding hydrogens is 430 g/mol. The Morgan fingerprint density at radius 2 is 1.47 bits per heavy atom. The van der Waals surface area contributed by atoms with Gasteiger partial charge in [-0.05, 0) is 25.0 Å². The van der Waals surface area contributed by atoms with Gasteiger partial charge in [-0.1, -0.05) is 58.3 Å². The van der Waals surface area contributed by atoms with Crippen molar-refractivity contribution in [2.24, 2.45) is 7.05 Å². The van der Waals surface area contributed by atoms with Crippen molar-refractivity contribution in [1.82, 2.24) is 14.4 Å². The molecule has 0 N–H and O–H groups in total. The van der Waals surface area contributed by atoms with E-state index >= 15 is 0 Å². The number of hydrogen-bond donors (Lipinski definition) is 0. The van der Waals surface area contributed by atoms with Gasteiger partial charge in [0, 0.05) is 59.3 Å². The predicted octanol–water partition coefficient (Wildman–Crippen LogP) is 4.79. The fourth-order valence-corrected chi connectivity index (χ4v) is 4.05. The summed E-state index contributed by atoms with van der Waals surface area (Å²) in [5, 5.41) is 0. The van der Waals surface area contributed by atoms with E-state index in [1.807, 2.05) is 29.9 Å². The zero-order valence-corrected chi connectivity index (χ0v) is 22.2. The number of rotatable bonds is 21. The number of nitrogens with zero attached hydrogens (tertiary/aromatic N) is 3. The lowest BCUT2D eigenvalue weighted by molar-refractivity contribution is -0.141. The van der Waals surface area contributed by atoms with Gasteiger partial charge in [-0.2, -0.15) is 0 Å². The number of aromatic nitrogens is 1. The van der Waals surface area contributed by atoms with E-state index in [2.05, 4.69) is 6.92 Å². The molecule has 7 heteroatoms. The Hall–Kier alpha value is -1.86. The molecule has 0 unspecified atom stereocenters. The van der Waals surface area contributed by atoms with Crippen molar-refractivity contribution in [3.05, 3.63) is 24.0 Å².